The van der Waals surface area contributed by atoms with Crippen LogP contribution in [0.2, 0.25) is 0 Å². The van der Waals surface area contributed by atoms with Crippen LogP contribution in [0.4, 0.5) is 5.13 Å². The minimum atomic E-state index is -0.113. The first-order valence-electron chi connectivity index (χ1n) is 6.48. The van der Waals surface area contributed by atoms with Crippen LogP contribution < -0.4 is 5.32 Å². The summed E-state index contributed by atoms with van der Waals surface area (Å²) in [5.41, 5.74) is 1.18. The predicted molar refractivity (Wildman–Crippen MR) is 90.9 cm³/mol. The summed E-state index contributed by atoms with van der Waals surface area (Å²) in [5.74, 6) is 0.163. The standard InChI is InChI=1S/C13H13N5OS3/c1-6-7(2)21-12-10(6)11(14-5-15-12)20-4-9(19)16-13-18-17-8(3)22-13/h5H,4H2,1-3H3,(H,16,18,19). The molecule has 3 heterocycles. The fraction of sp³-hybridized carbons (Fsp3) is 0.308. The van der Waals surface area contributed by atoms with Gasteiger partial charge in [-0.2, -0.15) is 0 Å². The SMILES string of the molecule is Cc1nnc(NC(=O)CSc2ncnc3sc(C)c(C)c23)s1. The number of hydrogen-bond donors (Lipinski definition) is 1. The Kier molecular flexibility index (Phi) is 4.37. The highest BCUT2D eigenvalue weighted by molar-refractivity contribution is 8.00. The lowest BCUT2D eigenvalue weighted by Gasteiger charge is -2.03. The number of anilines is 1. The number of fused-ring (bicyclic) bond motifs is 1. The van der Waals surface area contributed by atoms with E-state index >= 15 is 0 Å². The third kappa shape index (κ3) is 3.11. The highest BCUT2D eigenvalue weighted by Crippen LogP contribution is 2.34. The van der Waals surface area contributed by atoms with Crippen molar-refractivity contribution in [2.45, 2.75) is 25.8 Å². The Balaban J connectivity index is 1.72. The molecule has 0 spiro atoms. The van der Waals surface area contributed by atoms with Crippen LogP contribution in [0.5, 0.6) is 0 Å². The molecule has 0 radical (unpaired) electrons. The zero-order valence-corrected chi connectivity index (χ0v) is 14.7. The maximum atomic E-state index is 12.0. The van der Waals surface area contributed by atoms with E-state index in [1.165, 1.54) is 33.5 Å². The molecule has 3 aromatic heterocycles. The second-order valence-electron chi connectivity index (χ2n) is 4.61. The van der Waals surface area contributed by atoms with Gasteiger partial charge >= 0.3 is 0 Å². The molecule has 1 N–H and O–H groups in total. The second-order valence-corrected chi connectivity index (χ2v) is 7.95. The van der Waals surface area contributed by atoms with Crippen LogP contribution >= 0.6 is 34.4 Å². The van der Waals surface area contributed by atoms with Gasteiger partial charge in [0.25, 0.3) is 0 Å². The molecule has 0 fully saturated rings. The number of aromatic nitrogens is 4. The molecule has 0 bridgehead atoms. The van der Waals surface area contributed by atoms with E-state index in [0.29, 0.717) is 5.13 Å². The largest absolute Gasteiger partial charge is 0.300 e. The number of amides is 1. The highest BCUT2D eigenvalue weighted by Gasteiger charge is 2.14. The minimum absolute atomic E-state index is 0.113. The molecule has 0 aliphatic rings. The summed E-state index contributed by atoms with van der Waals surface area (Å²) in [7, 11) is 0. The summed E-state index contributed by atoms with van der Waals surface area (Å²) in [6, 6.07) is 0. The first-order valence-corrected chi connectivity index (χ1v) is 9.10. The number of carbonyl (C=O) groups excluding carboxylic acids is 1. The van der Waals surface area contributed by atoms with Crippen LogP contribution in [0.15, 0.2) is 11.4 Å². The Morgan fingerprint density at radius 2 is 2.05 bits per heavy atom. The third-order valence-corrected chi connectivity index (χ3v) is 5.90. The fourth-order valence-corrected chi connectivity index (χ4v) is 4.42. The van der Waals surface area contributed by atoms with Crippen molar-refractivity contribution in [3.05, 3.63) is 21.8 Å². The highest BCUT2D eigenvalue weighted by atomic mass is 32.2. The molecule has 0 saturated heterocycles. The molecule has 0 aromatic carbocycles. The van der Waals surface area contributed by atoms with Crippen molar-refractivity contribution in [3.63, 3.8) is 0 Å². The van der Waals surface area contributed by atoms with Crippen molar-refractivity contribution < 1.29 is 4.79 Å². The first kappa shape index (κ1) is 15.3. The Morgan fingerprint density at radius 1 is 1.23 bits per heavy atom. The Hall–Kier alpha value is -1.58. The van der Waals surface area contributed by atoms with E-state index in [1.807, 2.05) is 6.92 Å². The van der Waals surface area contributed by atoms with Gasteiger partial charge in [-0.05, 0) is 26.3 Å². The fourth-order valence-electron chi connectivity index (χ4n) is 1.90. The molecule has 9 heteroatoms. The van der Waals surface area contributed by atoms with E-state index in [4.69, 9.17) is 0 Å². The third-order valence-electron chi connectivity index (χ3n) is 3.04. The van der Waals surface area contributed by atoms with E-state index in [2.05, 4.69) is 39.3 Å². The molecule has 114 valence electrons. The lowest BCUT2D eigenvalue weighted by molar-refractivity contribution is -0.113. The van der Waals surface area contributed by atoms with Crippen LogP contribution in [0.3, 0.4) is 0 Å². The van der Waals surface area contributed by atoms with Crippen LogP contribution in [0.25, 0.3) is 10.2 Å². The van der Waals surface area contributed by atoms with Crippen molar-refractivity contribution in [1.29, 1.82) is 0 Å². The summed E-state index contributed by atoms with van der Waals surface area (Å²) in [5, 5.41) is 13.7. The number of nitrogens with zero attached hydrogens (tertiary/aromatic N) is 4. The lowest BCUT2D eigenvalue weighted by atomic mass is 10.2. The molecule has 0 saturated carbocycles. The summed E-state index contributed by atoms with van der Waals surface area (Å²) >= 11 is 4.42. The van der Waals surface area contributed by atoms with Crippen molar-refractivity contribution in [2.75, 3.05) is 11.1 Å². The maximum absolute atomic E-state index is 12.0. The van der Waals surface area contributed by atoms with Crippen LogP contribution in [0, 0.1) is 20.8 Å². The Morgan fingerprint density at radius 3 is 2.77 bits per heavy atom. The van der Waals surface area contributed by atoms with Gasteiger partial charge in [-0.25, -0.2) is 9.97 Å². The van der Waals surface area contributed by atoms with E-state index in [9.17, 15) is 4.79 Å². The molecule has 22 heavy (non-hydrogen) atoms. The molecule has 3 rings (SSSR count). The van der Waals surface area contributed by atoms with Gasteiger partial charge in [0.2, 0.25) is 11.0 Å². The van der Waals surface area contributed by atoms with Gasteiger partial charge < -0.3 is 0 Å². The number of nitrogens with one attached hydrogen (secondary N) is 1. The zero-order chi connectivity index (χ0) is 15.7. The average Bonchev–Trinajstić information content (AvgIpc) is 3.01. The molecule has 3 aromatic rings. The number of aryl methyl sites for hydroxylation is 3. The van der Waals surface area contributed by atoms with Crippen molar-refractivity contribution in [1.82, 2.24) is 20.2 Å². The van der Waals surface area contributed by atoms with Crippen molar-refractivity contribution in [2.24, 2.45) is 0 Å². The lowest BCUT2D eigenvalue weighted by Crippen LogP contribution is -2.14. The summed E-state index contributed by atoms with van der Waals surface area (Å²) < 4.78 is 0. The number of thioether (sulfide) groups is 1. The van der Waals surface area contributed by atoms with Gasteiger partial charge in [0, 0.05) is 10.3 Å². The smallest absolute Gasteiger partial charge is 0.236 e. The second kappa shape index (κ2) is 6.27. The summed E-state index contributed by atoms with van der Waals surface area (Å²) in [6.45, 7) is 5.98. The summed E-state index contributed by atoms with van der Waals surface area (Å²) in [4.78, 5) is 22.8. The van der Waals surface area contributed by atoms with Crippen LogP contribution in [-0.4, -0.2) is 31.8 Å². The first-order chi connectivity index (χ1) is 10.5. The normalized spacial score (nSPS) is 11.0. The average molecular weight is 351 g/mol. The van der Waals surface area contributed by atoms with Crippen molar-refractivity contribution >= 4 is 55.7 Å². The minimum Gasteiger partial charge on any atom is -0.300 e. The number of carbonyl (C=O) groups is 1. The van der Waals surface area contributed by atoms with E-state index in [0.717, 1.165) is 20.3 Å². The van der Waals surface area contributed by atoms with Gasteiger partial charge in [-0.3, -0.25) is 10.1 Å². The van der Waals surface area contributed by atoms with Gasteiger partial charge in [0.15, 0.2) is 0 Å². The topological polar surface area (TPSA) is 80.7 Å². The maximum Gasteiger partial charge on any atom is 0.236 e. The van der Waals surface area contributed by atoms with E-state index < -0.39 is 0 Å². The van der Waals surface area contributed by atoms with Gasteiger partial charge in [-0.1, -0.05) is 23.1 Å². The van der Waals surface area contributed by atoms with Gasteiger partial charge in [0.05, 0.1) is 5.75 Å². The predicted octanol–water partition coefficient (Wildman–Crippen LogP) is 3.20. The molecule has 0 aliphatic heterocycles. The number of hydrogen-bond acceptors (Lipinski definition) is 8. The van der Waals surface area contributed by atoms with Crippen LogP contribution in [0.1, 0.15) is 15.4 Å². The van der Waals surface area contributed by atoms with E-state index in [-0.39, 0.29) is 11.7 Å². The van der Waals surface area contributed by atoms with Gasteiger partial charge in [0.1, 0.15) is 21.2 Å². The molecule has 0 atom stereocenters. The quantitative estimate of drug-likeness (QED) is 0.574. The Bertz CT molecular complexity index is 841. The molecular formula is C13H13N5OS3. The molecule has 6 nitrogen and oxygen atoms in total. The zero-order valence-electron chi connectivity index (χ0n) is 12.2. The molecule has 0 unspecified atom stereocenters. The molecule has 0 aliphatic carbocycles. The molecule has 1 amide bonds. The van der Waals surface area contributed by atoms with Crippen LogP contribution in [-0.2, 0) is 4.79 Å². The van der Waals surface area contributed by atoms with Crippen molar-refractivity contribution in [3.8, 4) is 0 Å². The van der Waals surface area contributed by atoms with E-state index in [1.54, 1.807) is 17.7 Å². The van der Waals surface area contributed by atoms with Gasteiger partial charge in [-0.15, -0.1) is 21.5 Å². The molecular weight excluding hydrogens is 338 g/mol. The summed E-state index contributed by atoms with van der Waals surface area (Å²) in [6.07, 6.45) is 1.55. The monoisotopic (exact) mass is 351 g/mol. The number of thiophene rings is 1. The number of rotatable bonds is 4. The Labute approximate surface area is 139 Å².